The lowest BCUT2D eigenvalue weighted by molar-refractivity contribution is 0.0843. The Labute approximate surface area is 195 Å². The van der Waals surface area contributed by atoms with Crippen LogP contribution in [0.25, 0.3) is 5.69 Å². The smallest absolute Gasteiger partial charge is 0.231 e. The number of carbonyl (C=O) groups is 1. The summed E-state index contributed by atoms with van der Waals surface area (Å²) in [6.45, 7) is 11.5. The van der Waals surface area contributed by atoms with E-state index < -0.39 is 0 Å². The van der Waals surface area contributed by atoms with E-state index in [0.717, 1.165) is 66.9 Å². The molecule has 0 saturated carbocycles. The summed E-state index contributed by atoms with van der Waals surface area (Å²) in [6, 6.07) is 16.6. The number of Topliss-reactive ketones (excluding diaryl/α,β-unsaturated/α-hetero) is 1. The highest BCUT2D eigenvalue weighted by atomic mass is 16.7. The lowest BCUT2D eigenvalue weighted by atomic mass is 10.1. The molecule has 2 aromatic carbocycles. The fourth-order valence-electron chi connectivity index (χ4n) is 4.83. The van der Waals surface area contributed by atoms with Gasteiger partial charge in [-0.25, -0.2) is 0 Å². The van der Waals surface area contributed by atoms with E-state index in [0.29, 0.717) is 13.3 Å². The number of rotatable bonds is 6. The summed E-state index contributed by atoms with van der Waals surface area (Å²) in [7, 11) is 0. The summed E-state index contributed by atoms with van der Waals surface area (Å²) >= 11 is 0. The molecular formula is C27H31N3O3. The lowest BCUT2D eigenvalue weighted by Crippen LogP contribution is -2.47. The standard InChI is InChI=1S/C27H31N3O3/c1-19-4-7-23(8-5-19)30-20(2)14-24(21(30)3)25(31)17-29-12-10-28(11-13-29)16-22-6-9-26-27(15-22)33-18-32-26/h4-9,14-15H,10-13,16-18H2,1-3H3. The largest absolute Gasteiger partial charge is 0.454 e. The molecule has 6 nitrogen and oxygen atoms in total. The Morgan fingerprint density at radius 3 is 2.30 bits per heavy atom. The Balaban J connectivity index is 1.19. The SMILES string of the molecule is Cc1ccc(-n2c(C)cc(C(=O)CN3CCN(Cc4ccc5c(c4)OCO5)CC3)c2C)cc1. The minimum absolute atomic E-state index is 0.200. The molecule has 1 aromatic heterocycles. The van der Waals surface area contributed by atoms with Crippen LogP contribution in [0, 0.1) is 20.8 Å². The van der Waals surface area contributed by atoms with Crippen molar-refractivity contribution >= 4 is 5.78 Å². The van der Waals surface area contributed by atoms with Crippen LogP contribution < -0.4 is 9.47 Å². The number of nitrogens with zero attached hydrogens (tertiary/aromatic N) is 3. The summed E-state index contributed by atoms with van der Waals surface area (Å²) in [5.74, 6) is 1.86. The summed E-state index contributed by atoms with van der Waals surface area (Å²) in [6.07, 6.45) is 0. The van der Waals surface area contributed by atoms with Crippen LogP contribution in [0.5, 0.6) is 11.5 Å². The number of aromatic nitrogens is 1. The zero-order valence-corrected chi connectivity index (χ0v) is 19.6. The van der Waals surface area contributed by atoms with E-state index in [2.05, 4.69) is 64.6 Å². The predicted octanol–water partition coefficient (Wildman–Crippen LogP) is 4.13. The third-order valence-electron chi connectivity index (χ3n) is 6.70. The normalized spacial score (nSPS) is 16.3. The van der Waals surface area contributed by atoms with Crippen molar-refractivity contribution in [2.24, 2.45) is 0 Å². The molecule has 0 N–H and O–H groups in total. The maximum absolute atomic E-state index is 13.2. The average Bonchev–Trinajstić information content (AvgIpc) is 3.39. The minimum Gasteiger partial charge on any atom is -0.454 e. The average molecular weight is 446 g/mol. The quantitative estimate of drug-likeness (QED) is 0.534. The number of ketones is 1. The predicted molar refractivity (Wildman–Crippen MR) is 129 cm³/mol. The first-order chi connectivity index (χ1) is 16.0. The minimum atomic E-state index is 0.200. The lowest BCUT2D eigenvalue weighted by Gasteiger charge is -2.34. The maximum Gasteiger partial charge on any atom is 0.231 e. The van der Waals surface area contributed by atoms with Gasteiger partial charge in [0.1, 0.15) is 0 Å². The molecule has 0 unspecified atom stereocenters. The summed E-state index contributed by atoms with van der Waals surface area (Å²) < 4.78 is 13.1. The number of aryl methyl sites for hydroxylation is 2. The Morgan fingerprint density at radius 2 is 1.55 bits per heavy atom. The Kier molecular flexibility index (Phi) is 5.96. The Morgan fingerprint density at radius 1 is 0.848 bits per heavy atom. The van der Waals surface area contributed by atoms with Crippen molar-refractivity contribution in [1.82, 2.24) is 14.4 Å². The van der Waals surface area contributed by atoms with E-state index >= 15 is 0 Å². The van der Waals surface area contributed by atoms with Gasteiger partial charge in [0.15, 0.2) is 17.3 Å². The molecule has 3 aromatic rings. The van der Waals surface area contributed by atoms with E-state index in [1.807, 2.05) is 19.1 Å². The first-order valence-electron chi connectivity index (χ1n) is 11.6. The Bertz CT molecular complexity index is 1160. The van der Waals surface area contributed by atoms with E-state index in [1.54, 1.807) is 0 Å². The zero-order chi connectivity index (χ0) is 22.9. The molecule has 0 aliphatic carbocycles. The molecule has 0 atom stereocenters. The number of carbonyl (C=O) groups excluding carboxylic acids is 1. The Hall–Kier alpha value is -3.09. The van der Waals surface area contributed by atoms with Crippen LogP contribution in [0.15, 0.2) is 48.5 Å². The van der Waals surface area contributed by atoms with Gasteiger partial charge in [-0.3, -0.25) is 14.6 Å². The molecule has 1 saturated heterocycles. The van der Waals surface area contributed by atoms with E-state index in [4.69, 9.17) is 9.47 Å². The second kappa shape index (κ2) is 9.04. The molecular weight excluding hydrogens is 414 g/mol. The fraction of sp³-hybridized carbons (Fsp3) is 0.370. The molecule has 0 spiro atoms. The van der Waals surface area contributed by atoms with Crippen molar-refractivity contribution in [1.29, 1.82) is 0 Å². The third kappa shape index (κ3) is 4.54. The van der Waals surface area contributed by atoms with Crippen LogP contribution in [-0.4, -0.2) is 59.7 Å². The van der Waals surface area contributed by atoms with Crippen molar-refractivity contribution in [3.8, 4) is 17.2 Å². The number of fused-ring (bicyclic) bond motifs is 1. The highest BCUT2D eigenvalue weighted by molar-refractivity contribution is 5.99. The van der Waals surface area contributed by atoms with Crippen LogP contribution in [0.4, 0.5) is 0 Å². The third-order valence-corrected chi connectivity index (χ3v) is 6.70. The van der Waals surface area contributed by atoms with Gasteiger partial charge in [-0.05, 0) is 56.7 Å². The highest BCUT2D eigenvalue weighted by Gasteiger charge is 2.23. The number of benzene rings is 2. The summed E-state index contributed by atoms with van der Waals surface area (Å²) in [4.78, 5) is 17.9. The van der Waals surface area contributed by atoms with Gasteiger partial charge in [0.25, 0.3) is 0 Å². The molecule has 0 amide bonds. The number of hydrogen-bond acceptors (Lipinski definition) is 5. The molecule has 1 fully saturated rings. The highest BCUT2D eigenvalue weighted by Crippen LogP contribution is 2.33. The molecule has 0 radical (unpaired) electrons. The number of ether oxygens (including phenoxy) is 2. The van der Waals surface area contributed by atoms with Crippen molar-refractivity contribution in [3.63, 3.8) is 0 Å². The van der Waals surface area contributed by atoms with Crippen molar-refractivity contribution < 1.29 is 14.3 Å². The van der Waals surface area contributed by atoms with Crippen molar-refractivity contribution in [2.75, 3.05) is 39.5 Å². The second-order valence-electron chi connectivity index (χ2n) is 9.12. The molecule has 2 aliphatic heterocycles. The number of hydrogen-bond donors (Lipinski definition) is 0. The zero-order valence-electron chi connectivity index (χ0n) is 19.6. The molecule has 33 heavy (non-hydrogen) atoms. The van der Waals surface area contributed by atoms with Crippen LogP contribution in [0.1, 0.15) is 32.9 Å². The first-order valence-corrected chi connectivity index (χ1v) is 11.6. The van der Waals surface area contributed by atoms with Gasteiger partial charge in [-0.1, -0.05) is 23.8 Å². The molecule has 5 rings (SSSR count). The summed E-state index contributed by atoms with van der Waals surface area (Å²) in [5, 5.41) is 0. The van der Waals surface area contributed by atoms with Crippen LogP contribution in [0.2, 0.25) is 0 Å². The molecule has 3 heterocycles. The van der Waals surface area contributed by atoms with Gasteiger partial charge < -0.3 is 14.0 Å². The van der Waals surface area contributed by atoms with Crippen molar-refractivity contribution in [3.05, 3.63) is 76.6 Å². The van der Waals surface area contributed by atoms with E-state index in [9.17, 15) is 4.79 Å². The van der Waals surface area contributed by atoms with Crippen LogP contribution in [0.3, 0.4) is 0 Å². The molecule has 6 heteroatoms. The molecule has 172 valence electrons. The van der Waals surface area contributed by atoms with Gasteiger partial charge in [0.2, 0.25) is 6.79 Å². The van der Waals surface area contributed by atoms with Gasteiger partial charge in [-0.2, -0.15) is 0 Å². The molecule has 0 bridgehead atoms. The van der Waals surface area contributed by atoms with Gasteiger partial charge in [0, 0.05) is 55.4 Å². The summed E-state index contributed by atoms with van der Waals surface area (Å²) in [5.41, 5.74) is 6.50. The topological polar surface area (TPSA) is 46.9 Å². The fourth-order valence-corrected chi connectivity index (χ4v) is 4.83. The monoisotopic (exact) mass is 445 g/mol. The van der Waals surface area contributed by atoms with Crippen molar-refractivity contribution in [2.45, 2.75) is 27.3 Å². The van der Waals surface area contributed by atoms with E-state index in [1.165, 1.54) is 11.1 Å². The van der Waals surface area contributed by atoms with Crippen LogP contribution in [-0.2, 0) is 6.54 Å². The van der Waals surface area contributed by atoms with Gasteiger partial charge >= 0.3 is 0 Å². The maximum atomic E-state index is 13.2. The van der Waals surface area contributed by atoms with Gasteiger partial charge in [-0.15, -0.1) is 0 Å². The van der Waals surface area contributed by atoms with E-state index in [-0.39, 0.29) is 5.78 Å². The number of piperazine rings is 1. The first kappa shape index (κ1) is 21.7. The van der Waals surface area contributed by atoms with Gasteiger partial charge in [0.05, 0.1) is 6.54 Å². The second-order valence-corrected chi connectivity index (χ2v) is 9.12. The van der Waals surface area contributed by atoms with Crippen LogP contribution >= 0.6 is 0 Å². The molecule has 2 aliphatic rings.